The van der Waals surface area contributed by atoms with Gasteiger partial charge < -0.3 is 19.9 Å². The first kappa shape index (κ1) is 23.3. The molecular weight excluding hydrogens is 417 g/mol. The molecule has 0 spiro atoms. The molecule has 0 atom stereocenters. The Labute approximate surface area is 181 Å². The third-order valence-corrected chi connectivity index (χ3v) is 4.87. The number of hydrogen-bond acceptors (Lipinski definition) is 4. The van der Waals surface area contributed by atoms with Gasteiger partial charge in [-0.3, -0.25) is 9.59 Å². The van der Waals surface area contributed by atoms with Crippen molar-refractivity contribution in [1.29, 1.82) is 0 Å². The lowest BCUT2D eigenvalue weighted by Gasteiger charge is -2.23. The van der Waals surface area contributed by atoms with E-state index in [-0.39, 0.29) is 24.8 Å². The molecule has 9 heteroatoms. The van der Waals surface area contributed by atoms with Crippen LogP contribution >= 0.6 is 23.2 Å². The maximum Gasteiger partial charge on any atom is 0.407 e. The molecule has 1 aromatic rings. The highest BCUT2D eigenvalue weighted by Gasteiger charge is 2.24. The summed E-state index contributed by atoms with van der Waals surface area (Å²) in [6, 6.07) is 4.79. The molecule has 1 heterocycles. The SMILES string of the molecule is CC(C)(C)OC(=O)NCCC(=O)N1CCCN(C(=O)c2cc(Cl)ccc2Cl)CC1. The maximum atomic E-state index is 12.8. The zero-order chi connectivity index (χ0) is 21.6. The minimum absolute atomic E-state index is 0.0730. The summed E-state index contributed by atoms with van der Waals surface area (Å²) in [6.45, 7) is 7.45. The number of nitrogens with zero attached hydrogens (tertiary/aromatic N) is 2. The quantitative estimate of drug-likeness (QED) is 0.770. The van der Waals surface area contributed by atoms with Gasteiger partial charge in [0.05, 0.1) is 10.6 Å². The van der Waals surface area contributed by atoms with Crippen molar-refractivity contribution in [2.75, 3.05) is 32.7 Å². The first-order valence-electron chi connectivity index (χ1n) is 9.56. The summed E-state index contributed by atoms with van der Waals surface area (Å²) in [4.78, 5) is 40.3. The second-order valence-electron chi connectivity index (χ2n) is 7.83. The molecule has 0 unspecified atom stereocenters. The summed E-state index contributed by atoms with van der Waals surface area (Å²) in [6.07, 6.45) is 0.291. The van der Waals surface area contributed by atoms with E-state index < -0.39 is 11.7 Å². The third-order valence-electron chi connectivity index (χ3n) is 4.30. The fraction of sp³-hybridized carbons (Fsp3) is 0.550. The molecule has 1 saturated heterocycles. The van der Waals surface area contributed by atoms with Crippen LogP contribution in [0.25, 0.3) is 0 Å². The zero-order valence-corrected chi connectivity index (χ0v) is 18.5. The van der Waals surface area contributed by atoms with Crippen molar-refractivity contribution in [2.24, 2.45) is 0 Å². The van der Waals surface area contributed by atoms with Gasteiger partial charge in [0.1, 0.15) is 5.60 Å². The van der Waals surface area contributed by atoms with E-state index >= 15 is 0 Å². The zero-order valence-electron chi connectivity index (χ0n) is 17.0. The second kappa shape index (κ2) is 10.2. The molecule has 0 radical (unpaired) electrons. The molecule has 0 aromatic heterocycles. The maximum absolute atomic E-state index is 12.8. The van der Waals surface area contributed by atoms with Gasteiger partial charge in [0, 0.05) is 44.2 Å². The number of carbonyl (C=O) groups is 3. The van der Waals surface area contributed by atoms with Crippen molar-refractivity contribution in [1.82, 2.24) is 15.1 Å². The van der Waals surface area contributed by atoms with Crippen molar-refractivity contribution < 1.29 is 19.1 Å². The van der Waals surface area contributed by atoms with Crippen molar-refractivity contribution in [2.45, 2.75) is 39.2 Å². The van der Waals surface area contributed by atoms with Crippen LogP contribution in [-0.2, 0) is 9.53 Å². The van der Waals surface area contributed by atoms with Gasteiger partial charge in [0.25, 0.3) is 5.91 Å². The van der Waals surface area contributed by atoms with Gasteiger partial charge in [0.2, 0.25) is 5.91 Å². The van der Waals surface area contributed by atoms with Crippen molar-refractivity contribution in [3.63, 3.8) is 0 Å². The van der Waals surface area contributed by atoms with E-state index in [1.54, 1.807) is 48.8 Å². The summed E-state index contributed by atoms with van der Waals surface area (Å²) in [5.41, 5.74) is -0.221. The van der Waals surface area contributed by atoms with Gasteiger partial charge in [-0.05, 0) is 45.4 Å². The van der Waals surface area contributed by atoms with E-state index in [4.69, 9.17) is 27.9 Å². The van der Waals surface area contributed by atoms with Crippen LogP contribution in [-0.4, -0.2) is 66.0 Å². The normalized spacial score (nSPS) is 14.9. The fourth-order valence-electron chi connectivity index (χ4n) is 2.95. The van der Waals surface area contributed by atoms with Gasteiger partial charge >= 0.3 is 6.09 Å². The van der Waals surface area contributed by atoms with Crippen molar-refractivity contribution >= 4 is 41.1 Å². The van der Waals surface area contributed by atoms with Crippen LogP contribution in [0, 0.1) is 0 Å². The molecule has 0 aliphatic carbocycles. The first-order chi connectivity index (χ1) is 13.6. The number of halogens is 2. The number of rotatable bonds is 4. The summed E-state index contributed by atoms with van der Waals surface area (Å²) < 4.78 is 5.15. The first-order valence-corrected chi connectivity index (χ1v) is 10.3. The minimum atomic E-state index is -0.583. The van der Waals surface area contributed by atoms with E-state index in [2.05, 4.69) is 5.32 Å². The van der Waals surface area contributed by atoms with Gasteiger partial charge in [-0.25, -0.2) is 4.79 Å². The van der Waals surface area contributed by atoms with Gasteiger partial charge in [-0.1, -0.05) is 23.2 Å². The van der Waals surface area contributed by atoms with Crippen molar-refractivity contribution in [3.05, 3.63) is 33.8 Å². The number of amides is 3. The topological polar surface area (TPSA) is 79.0 Å². The Morgan fingerprint density at radius 3 is 2.41 bits per heavy atom. The molecule has 7 nitrogen and oxygen atoms in total. The Morgan fingerprint density at radius 1 is 1.07 bits per heavy atom. The van der Waals surface area contributed by atoms with Crippen molar-refractivity contribution in [3.8, 4) is 0 Å². The summed E-state index contributed by atoms with van der Waals surface area (Å²) >= 11 is 12.1. The van der Waals surface area contributed by atoms with Crippen LogP contribution in [0.2, 0.25) is 10.0 Å². The lowest BCUT2D eigenvalue weighted by Crippen LogP contribution is -2.39. The molecule has 1 fully saturated rings. The second-order valence-corrected chi connectivity index (χ2v) is 8.67. The number of nitrogens with one attached hydrogen (secondary N) is 1. The number of hydrogen-bond donors (Lipinski definition) is 1. The van der Waals surface area contributed by atoms with Crippen LogP contribution in [0.3, 0.4) is 0 Å². The average molecular weight is 444 g/mol. The van der Waals surface area contributed by atoms with Crippen LogP contribution in [0.1, 0.15) is 44.0 Å². The standard InChI is InChI=1S/C20H27Cl2N3O4/c1-20(2,3)29-19(28)23-8-7-17(26)24-9-4-10-25(12-11-24)18(27)15-13-14(21)5-6-16(15)22/h5-6,13H,4,7-12H2,1-3H3,(H,23,28). The molecule has 0 saturated carbocycles. The smallest absolute Gasteiger partial charge is 0.407 e. The Kier molecular flexibility index (Phi) is 8.16. The molecule has 3 amide bonds. The Balaban J connectivity index is 1.84. The molecule has 1 aromatic carbocycles. The summed E-state index contributed by atoms with van der Waals surface area (Å²) in [7, 11) is 0. The largest absolute Gasteiger partial charge is 0.444 e. The summed E-state index contributed by atoms with van der Waals surface area (Å²) in [5.74, 6) is -0.269. The molecule has 1 N–H and O–H groups in total. The van der Waals surface area contributed by atoms with Crippen LogP contribution in [0.4, 0.5) is 4.79 Å². The highest BCUT2D eigenvalue weighted by molar-refractivity contribution is 6.35. The predicted molar refractivity (Wildman–Crippen MR) is 112 cm³/mol. The highest BCUT2D eigenvalue weighted by atomic mass is 35.5. The molecule has 29 heavy (non-hydrogen) atoms. The molecule has 1 aliphatic heterocycles. The van der Waals surface area contributed by atoms with Gasteiger partial charge in [-0.15, -0.1) is 0 Å². The molecule has 160 valence electrons. The number of ether oxygens (including phenoxy) is 1. The monoisotopic (exact) mass is 443 g/mol. The summed E-state index contributed by atoms with van der Waals surface area (Å²) in [5, 5.41) is 3.38. The lowest BCUT2D eigenvalue weighted by atomic mass is 10.2. The third kappa shape index (κ3) is 7.40. The van der Waals surface area contributed by atoms with Crippen LogP contribution in [0.15, 0.2) is 18.2 Å². The Morgan fingerprint density at radius 2 is 1.72 bits per heavy atom. The minimum Gasteiger partial charge on any atom is -0.444 e. The highest BCUT2D eigenvalue weighted by Crippen LogP contribution is 2.22. The molecule has 2 rings (SSSR count). The molecular formula is C20H27Cl2N3O4. The van der Waals surface area contributed by atoms with E-state index in [1.807, 2.05) is 0 Å². The van der Waals surface area contributed by atoms with Crippen LogP contribution < -0.4 is 5.32 Å². The predicted octanol–water partition coefficient (Wildman–Crippen LogP) is 3.58. The molecule has 0 bridgehead atoms. The van der Waals surface area contributed by atoms with E-state index in [0.29, 0.717) is 48.2 Å². The lowest BCUT2D eigenvalue weighted by molar-refractivity contribution is -0.130. The van der Waals surface area contributed by atoms with E-state index in [9.17, 15) is 14.4 Å². The van der Waals surface area contributed by atoms with E-state index in [0.717, 1.165) is 0 Å². The number of benzene rings is 1. The van der Waals surface area contributed by atoms with Gasteiger partial charge in [0.15, 0.2) is 0 Å². The fourth-order valence-corrected chi connectivity index (χ4v) is 3.32. The Bertz CT molecular complexity index is 765. The average Bonchev–Trinajstić information content (AvgIpc) is 2.88. The van der Waals surface area contributed by atoms with Crippen LogP contribution in [0.5, 0.6) is 0 Å². The number of carbonyl (C=O) groups excluding carboxylic acids is 3. The Hall–Kier alpha value is -1.99. The molecule has 1 aliphatic rings. The number of alkyl carbamates (subject to hydrolysis) is 1. The van der Waals surface area contributed by atoms with Gasteiger partial charge in [-0.2, -0.15) is 0 Å². The van der Waals surface area contributed by atoms with E-state index in [1.165, 1.54) is 0 Å².